The van der Waals surface area contributed by atoms with Gasteiger partial charge in [-0.15, -0.1) is 0 Å². The fourth-order valence-electron chi connectivity index (χ4n) is 1.55. The van der Waals surface area contributed by atoms with Gasteiger partial charge in [-0.25, -0.2) is 4.39 Å². The summed E-state index contributed by atoms with van der Waals surface area (Å²) >= 11 is 0. The number of aromatic nitrogens is 1. The third-order valence-electron chi connectivity index (χ3n) is 2.49. The van der Waals surface area contributed by atoms with Gasteiger partial charge in [0.1, 0.15) is 5.82 Å². The standard InChI is InChI=1S/C13H12FN3O/c1-8-10(3-2-6-16-8)13(18)17-12-5-4-9(15)7-11(12)14/h2-7H,15H2,1H3,(H,17,18). The van der Waals surface area contributed by atoms with Gasteiger partial charge >= 0.3 is 0 Å². The fraction of sp³-hybridized carbons (Fsp3) is 0.0769. The van der Waals surface area contributed by atoms with Crippen LogP contribution in [-0.2, 0) is 0 Å². The summed E-state index contributed by atoms with van der Waals surface area (Å²) < 4.78 is 13.5. The summed E-state index contributed by atoms with van der Waals surface area (Å²) in [6.45, 7) is 1.72. The maximum atomic E-state index is 13.5. The highest BCUT2D eigenvalue weighted by molar-refractivity contribution is 6.05. The number of benzene rings is 1. The van der Waals surface area contributed by atoms with Gasteiger partial charge in [-0.1, -0.05) is 0 Å². The molecule has 0 saturated carbocycles. The molecular weight excluding hydrogens is 233 g/mol. The molecule has 0 bridgehead atoms. The predicted octanol–water partition coefficient (Wildman–Crippen LogP) is 2.36. The molecule has 2 aromatic rings. The average molecular weight is 245 g/mol. The molecule has 0 atom stereocenters. The Morgan fingerprint density at radius 2 is 2.17 bits per heavy atom. The highest BCUT2D eigenvalue weighted by Gasteiger charge is 2.11. The number of hydrogen-bond donors (Lipinski definition) is 2. The quantitative estimate of drug-likeness (QED) is 0.798. The molecule has 0 fully saturated rings. The number of nitrogens with two attached hydrogens (primary N) is 1. The van der Waals surface area contributed by atoms with E-state index in [1.165, 1.54) is 12.1 Å². The number of aryl methyl sites for hydroxylation is 1. The number of nitrogens with zero attached hydrogens (tertiary/aromatic N) is 1. The fourth-order valence-corrected chi connectivity index (χ4v) is 1.55. The second-order valence-corrected chi connectivity index (χ2v) is 3.83. The Morgan fingerprint density at radius 1 is 1.39 bits per heavy atom. The summed E-state index contributed by atoms with van der Waals surface area (Å²) in [5.74, 6) is -0.964. The maximum Gasteiger partial charge on any atom is 0.257 e. The summed E-state index contributed by atoms with van der Waals surface area (Å²) in [4.78, 5) is 15.9. The van der Waals surface area contributed by atoms with Gasteiger partial charge in [0.2, 0.25) is 0 Å². The van der Waals surface area contributed by atoms with E-state index in [0.29, 0.717) is 16.9 Å². The van der Waals surface area contributed by atoms with Crippen molar-refractivity contribution >= 4 is 17.3 Å². The van der Waals surface area contributed by atoms with E-state index in [2.05, 4.69) is 10.3 Å². The molecule has 1 amide bonds. The van der Waals surface area contributed by atoms with Gasteiger partial charge in [-0.05, 0) is 37.3 Å². The van der Waals surface area contributed by atoms with Crippen LogP contribution in [0.1, 0.15) is 16.1 Å². The molecule has 0 unspecified atom stereocenters. The number of nitrogens with one attached hydrogen (secondary N) is 1. The van der Waals surface area contributed by atoms with Gasteiger partial charge in [-0.2, -0.15) is 0 Å². The lowest BCUT2D eigenvalue weighted by Gasteiger charge is -2.08. The summed E-state index contributed by atoms with van der Waals surface area (Å²) in [6, 6.07) is 7.39. The zero-order chi connectivity index (χ0) is 13.1. The molecule has 4 nitrogen and oxygen atoms in total. The van der Waals surface area contributed by atoms with Crippen LogP contribution in [0.5, 0.6) is 0 Å². The van der Waals surface area contributed by atoms with Gasteiger partial charge < -0.3 is 11.1 Å². The number of halogens is 1. The minimum Gasteiger partial charge on any atom is -0.399 e. The second kappa shape index (κ2) is 4.83. The molecule has 2 rings (SSSR count). The van der Waals surface area contributed by atoms with Crippen molar-refractivity contribution in [3.8, 4) is 0 Å². The minimum atomic E-state index is -0.565. The lowest BCUT2D eigenvalue weighted by molar-refractivity contribution is 0.102. The first-order valence-corrected chi connectivity index (χ1v) is 5.36. The number of carbonyl (C=O) groups excluding carboxylic acids is 1. The molecule has 0 aliphatic carbocycles. The Labute approximate surface area is 104 Å². The molecule has 0 saturated heterocycles. The third kappa shape index (κ3) is 2.45. The summed E-state index contributed by atoms with van der Waals surface area (Å²) in [5.41, 5.74) is 6.83. The molecule has 92 valence electrons. The van der Waals surface area contributed by atoms with Crippen LogP contribution in [0.4, 0.5) is 15.8 Å². The average Bonchev–Trinajstić information content (AvgIpc) is 2.33. The van der Waals surface area contributed by atoms with Gasteiger partial charge in [0.15, 0.2) is 0 Å². The van der Waals surface area contributed by atoms with E-state index in [-0.39, 0.29) is 5.69 Å². The highest BCUT2D eigenvalue weighted by atomic mass is 19.1. The van der Waals surface area contributed by atoms with Gasteiger partial charge in [0, 0.05) is 17.6 Å². The zero-order valence-corrected chi connectivity index (χ0v) is 9.77. The molecule has 1 heterocycles. The van der Waals surface area contributed by atoms with E-state index in [1.807, 2.05) is 0 Å². The molecule has 5 heteroatoms. The van der Waals surface area contributed by atoms with E-state index >= 15 is 0 Å². The van der Waals surface area contributed by atoms with Crippen LogP contribution in [0.2, 0.25) is 0 Å². The number of carbonyl (C=O) groups is 1. The molecule has 1 aromatic heterocycles. The Morgan fingerprint density at radius 3 is 2.83 bits per heavy atom. The third-order valence-corrected chi connectivity index (χ3v) is 2.49. The van der Waals surface area contributed by atoms with Crippen molar-refractivity contribution in [2.75, 3.05) is 11.1 Å². The zero-order valence-electron chi connectivity index (χ0n) is 9.77. The van der Waals surface area contributed by atoms with Crippen molar-refractivity contribution in [1.82, 2.24) is 4.98 Å². The molecule has 0 aliphatic rings. The van der Waals surface area contributed by atoms with Gasteiger partial charge in [0.05, 0.1) is 11.3 Å². The summed E-state index contributed by atoms with van der Waals surface area (Å²) in [5, 5.41) is 2.49. The first-order valence-electron chi connectivity index (χ1n) is 5.36. The first kappa shape index (κ1) is 12.0. The molecule has 0 radical (unpaired) electrons. The van der Waals surface area contributed by atoms with Crippen LogP contribution < -0.4 is 11.1 Å². The van der Waals surface area contributed by atoms with Gasteiger partial charge in [0.25, 0.3) is 5.91 Å². The van der Waals surface area contributed by atoms with E-state index in [0.717, 1.165) is 6.07 Å². The monoisotopic (exact) mass is 245 g/mol. The Balaban J connectivity index is 2.24. The van der Waals surface area contributed by atoms with E-state index in [9.17, 15) is 9.18 Å². The van der Waals surface area contributed by atoms with Crippen molar-refractivity contribution in [3.05, 3.63) is 53.6 Å². The molecular formula is C13H12FN3O. The van der Waals surface area contributed by atoms with Crippen LogP contribution in [0, 0.1) is 12.7 Å². The van der Waals surface area contributed by atoms with Crippen LogP contribution in [0.3, 0.4) is 0 Å². The van der Waals surface area contributed by atoms with Crippen LogP contribution in [-0.4, -0.2) is 10.9 Å². The topological polar surface area (TPSA) is 68.0 Å². The van der Waals surface area contributed by atoms with Crippen LogP contribution in [0.25, 0.3) is 0 Å². The minimum absolute atomic E-state index is 0.0949. The number of nitrogen functional groups attached to an aromatic ring is 1. The highest BCUT2D eigenvalue weighted by Crippen LogP contribution is 2.18. The van der Waals surface area contributed by atoms with Gasteiger partial charge in [-0.3, -0.25) is 9.78 Å². The smallest absolute Gasteiger partial charge is 0.257 e. The number of pyridine rings is 1. The molecule has 0 spiro atoms. The molecule has 3 N–H and O–H groups in total. The lowest BCUT2D eigenvalue weighted by atomic mass is 10.2. The summed E-state index contributed by atoms with van der Waals surface area (Å²) in [7, 11) is 0. The maximum absolute atomic E-state index is 13.5. The number of amides is 1. The SMILES string of the molecule is Cc1ncccc1C(=O)Nc1ccc(N)cc1F. The normalized spacial score (nSPS) is 10.1. The van der Waals surface area contributed by atoms with Crippen molar-refractivity contribution < 1.29 is 9.18 Å². The number of hydrogen-bond acceptors (Lipinski definition) is 3. The molecule has 1 aromatic carbocycles. The summed E-state index contributed by atoms with van der Waals surface area (Å²) in [6.07, 6.45) is 1.59. The molecule has 0 aliphatic heterocycles. The number of rotatable bonds is 2. The number of anilines is 2. The second-order valence-electron chi connectivity index (χ2n) is 3.83. The molecule has 18 heavy (non-hydrogen) atoms. The predicted molar refractivity (Wildman–Crippen MR) is 67.7 cm³/mol. The van der Waals surface area contributed by atoms with E-state index < -0.39 is 11.7 Å². The van der Waals surface area contributed by atoms with Crippen LogP contribution in [0.15, 0.2) is 36.5 Å². The Kier molecular flexibility index (Phi) is 3.23. The largest absolute Gasteiger partial charge is 0.399 e. The van der Waals surface area contributed by atoms with Crippen molar-refractivity contribution in [1.29, 1.82) is 0 Å². The van der Waals surface area contributed by atoms with Crippen molar-refractivity contribution in [2.24, 2.45) is 0 Å². The Bertz CT molecular complexity index is 599. The van der Waals surface area contributed by atoms with Crippen LogP contribution >= 0.6 is 0 Å². The van der Waals surface area contributed by atoms with Crippen molar-refractivity contribution in [3.63, 3.8) is 0 Å². The van der Waals surface area contributed by atoms with E-state index in [4.69, 9.17) is 5.73 Å². The van der Waals surface area contributed by atoms with Crippen molar-refractivity contribution in [2.45, 2.75) is 6.92 Å². The lowest BCUT2D eigenvalue weighted by Crippen LogP contribution is -2.15. The Hall–Kier alpha value is -2.43. The van der Waals surface area contributed by atoms with E-state index in [1.54, 1.807) is 25.3 Å². The first-order chi connectivity index (χ1) is 8.58.